The Kier molecular flexibility index (Phi) is 6.22. The van der Waals surface area contributed by atoms with Crippen LogP contribution in [0.5, 0.6) is 0 Å². The first-order valence-corrected chi connectivity index (χ1v) is 12.6. The van der Waals surface area contributed by atoms with Gasteiger partial charge in [-0.05, 0) is 64.9 Å². The summed E-state index contributed by atoms with van der Waals surface area (Å²) >= 11 is 0. The van der Waals surface area contributed by atoms with Gasteiger partial charge in [0.15, 0.2) is 0 Å². The monoisotopic (exact) mass is 483 g/mol. The molecule has 2 unspecified atom stereocenters. The maximum absolute atomic E-state index is 13.5. The number of pyridine rings is 1. The average Bonchev–Trinajstić information content (AvgIpc) is 3.37. The molecular weight excluding hydrogens is 457 g/mol. The second-order valence-electron chi connectivity index (χ2n) is 9.63. The van der Waals surface area contributed by atoms with Crippen LogP contribution in [0.2, 0.25) is 0 Å². The molecule has 6 rings (SSSR count). The molecule has 0 N–H and O–H groups in total. The molecule has 0 bridgehead atoms. The van der Waals surface area contributed by atoms with E-state index in [-0.39, 0.29) is 5.82 Å². The fourth-order valence-electron chi connectivity index (χ4n) is 5.66. The standard InChI is InChI=1S/C33H26FN3/c34-27-14-12-24(13-15-27)30-20-28(21-35)36-31-19-23(11-16-29(30)31)22-37-32(25-7-3-1-4-8-25)17-18-33(37)26-9-5-2-6-10-26/h1-16,19-20,32-33H,17-18,22H2. The molecule has 1 saturated heterocycles. The molecule has 1 aliphatic heterocycles. The van der Waals surface area contributed by atoms with Gasteiger partial charge in [-0.1, -0.05) is 84.9 Å². The van der Waals surface area contributed by atoms with Gasteiger partial charge in [0.05, 0.1) is 5.52 Å². The number of halogens is 1. The van der Waals surface area contributed by atoms with Gasteiger partial charge >= 0.3 is 0 Å². The summed E-state index contributed by atoms with van der Waals surface area (Å²) in [5.41, 5.74) is 6.72. The minimum Gasteiger partial charge on any atom is -0.285 e. The number of nitriles is 1. The van der Waals surface area contributed by atoms with Crippen LogP contribution in [0.1, 0.15) is 47.3 Å². The first kappa shape index (κ1) is 23.1. The molecule has 1 aromatic heterocycles. The minimum absolute atomic E-state index is 0.281. The molecule has 4 aromatic carbocycles. The lowest BCUT2D eigenvalue weighted by atomic mass is 9.98. The van der Waals surface area contributed by atoms with E-state index in [9.17, 15) is 9.65 Å². The zero-order valence-corrected chi connectivity index (χ0v) is 20.4. The third-order valence-corrected chi connectivity index (χ3v) is 7.39. The maximum atomic E-state index is 13.5. The lowest BCUT2D eigenvalue weighted by molar-refractivity contribution is 0.185. The molecule has 0 amide bonds. The number of hydrogen-bond donors (Lipinski definition) is 0. The van der Waals surface area contributed by atoms with Gasteiger partial charge in [-0.2, -0.15) is 5.26 Å². The van der Waals surface area contributed by atoms with Gasteiger partial charge in [0.1, 0.15) is 17.6 Å². The van der Waals surface area contributed by atoms with Gasteiger partial charge < -0.3 is 0 Å². The van der Waals surface area contributed by atoms with Crippen LogP contribution in [0, 0.1) is 17.1 Å². The Hall–Kier alpha value is -4.33. The Balaban J connectivity index is 1.40. The van der Waals surface area contributed by atoms with E-state index in [1.54, 1.807) is 18.2 Å². The molecule has 2 atom stereocenters. The Bertz CT molecular complexity index is 1530. The molecule has 5 aromatic rings. The van der Waals surface area contributed by atoms with Crippen LogP contribution in [0.25, 0.3) is 22.0 Å². The third-order valence-electron chi connectivity index (χ3n) is 7.39. The summed E-state index contributed by atoms with van der Waals surface area (Å²) in [4.78, 5) is 7.23. The first-order valence-electron chi connectivity index (χ1n) is 12.6. The molecule has 1 aliphatic rings. The Labute approximate surface area is 216 Å². The second kappa shape index (κ2) is 9.97. The SMILES string of the molecule is N#Cc1cc(-c2ccc(F)cc2)c2ccc(CN3C(c4ccccc4)CCC3c3ccccc3)cc2n1. The van der Waals surface area contributed by atoms with Crippen molar-refractivity contribution in [2.24, 2.45) is 0 Å². The van der Waals surface area contributed by atoms with Crippen molar-refractivity contribution in [2.75, 3.05) is 0 Å². The molecule has 4 heteroatoms. The van der Waals surface area contributed by atoms with E-state index in [2.05, 4.69) is 94.8 Å². The van der Waals surface area contributed by atoms with E-state index in [1.807, 2.05) is 0 Å². The van der Waals surface area contributed by atoms with Crippen LogP contribution < -0.4 is 0 Å². The van der Waals surface area contributed by atoms with Crippen molar-refractivity contribution < 1.29 is 4.39 Å². The minimum atomic E-state index is -0.281. The topological polar surface area (TPSA) is 39.9 Å². The zero-order valence-electron chi connectivity index (χ0n) is 20.4. The van der Waals surface area contributed by atoms with Crippen molar-refractivity contribution in [3.8, 4) is 17.2 Å². The highest BCUT2D eigenvalue weighted by Crippen LogP contribution is 2.45. The van der Waals surface area contributed by atoms with Crippen molar-refractivity contribution in [1.29, 1.82) is 5.26 Å². The van der Waals surface area contributed by atoms with Crippen LogP contribution in [0.3, 0.4) is 0 Å². The van der Waals surface area contributed by atoms with Crippen molar-refractivity contribution in [3.05, 3.63) is 137 Å². The summed E-state index contributed by atoms with van der Waals surface area (Å²) < 4.78 is 13.5. The van der Waals surface area contributed by atoms with Crippen molar-refractivity contribution in [3.63, 3.8) is 0 Å². The average molecular weight is 484 g/mol. The van der Waals surface area contributed by atoms with Gasteiger partial charge in [-0.25, -0.2) is 9.37 Å². The summed E-state index contributed by atoms with van der Waals surface area (Å²) in [6.07, 6.45) is 2.20. The van der Waals surface area contributed by atoms with Crippen molar-refractivity contribution >= 4 is 10.9 Å². The number of hydrogen-bond acceptors (Lipinski definition) is 3. The highest BCUT2D eigenvalue weighted by Gasteiger charge is 2.35. The summed E-state index contributed by atoms with van der Waals surface area (Å²) in [6, 6.07) is 38.9. The van der Waals surface area contributed by atoms with Crippen LogP contribution in [0.4, 0.5) is 4.39 Å². The predicted molar refractivity (Wildman–Crippen MR) is 145 cm³/mol. The summed E-state index contributed by atoms with van der Waals surface area (Å²) in [7, 11) is 0. The molecule has 0 aliphatic carbocycles. The van der Waals surface area contributed by atoms with Gasteiger partial charge in [-0.15, -0.1) is 0 Å². The number of rotatable bonds is 5. The highest BCUT2D eigenvalue weighted by molar-refractivity contribution is 5.95. The summed E-state index contributed by atoms with van der Waals surface area (Å²) in [5, 5.41) is 10.6. The zero-order chi connectivity index (χ0) is 25.2. The molecule has 1 fully saturated rings. The molecule has 37 heavy (non-hydrogen) atoms. The number of aromatic nitrogens is 1. The van der Waals surface area contributed by atoms with E-state index < -0.39 is 0 Å². The summed E-state index contributed by atoms with van der Waals surface area (Å²) in [6.45, 7) is 0.777. The lowest BCUT2D eigenvalue weighted by Gasteiger charge is -2.31. The van der Waals surface area contributed by atoms with E-state index in [0.717, 1.165) is 47.0 Å². The predicted octanol–water partition coefficient (Wildman–Crippen LogP) is 7.99. The fraction of sp³-hybridized carbons (Fsp3) is 0.152. The van der Waals surface area contributed by atoms with Crippen LogP contribution in [-0.2, 0) is 6.54 Å². The molecule has 180 valence electrons. The van der Waals surface area contributed by atoms with Gasteiger partial charge in [0.2, 0.25) is 0 Å². The highest BCUT2D eigenvalue weighted by atomic mass is 19.1. The smallest absolute Gasteiger partial charge is 0.141 e. The molecule has 0 spiro atoms. The van der Waals surface area contributed by atoms with Crippen LogP contribution in [-0.4, -0.2) is 9.88 Å². The van der Waals surface area contributed by atoms with Crippen molar-refractivity contribution in [2.45, 2.75) is 31.5 Å². The molecule has 2 heterocycles. The second-order valence-corrected chi connectivity index (χ2v) is 9.63. The fourth-order valence-corrected chi connectivity index (χ4v) is 5.66. The van der Waals surface area contributed by atoms with Gasteiger partial charge in [0, 0.05) is 24.0 Å². The number of nitrogens with zero attached hydrogens (tertiary/aromatic N) is 3. The number of fused-ring (bicyclic) bond motifs is 1. The number of benzene rings is 4. The van der Waals surface area contributed by atoms with Gasteiger partial charge in [0.25, 0.3) is 0 Å². The molecule has 3 nitrogen and oxygen atoms in total. The third kappa shape index (κ3) is 4.62. The van der Waals surface area contributed by atoms with E-state index in [1.165, 1.54) is 23.3 Å². The largest absolute Gasteiger partial charge is 0.285 e. The van der Waals surface area contributed by atoms with Crippen LogP contribution >= 0.6 is 0 Å². The lowest BCUT2D eigenvalue weighted by Crippen LogP contribution is -2.26. The molecule has 0 radical (unpaired) electrons. The van der Waals surface area contributed by atoms with Crippen LogP contribution in [0.15, 0.2) is 109 Å². The Morgan fingerprint density at radius 1 is 0.784 bits per heavy atom. The van der Waals surface area contributed by atoms with Gasteiger partial charge in [-0.3, -0.25) is 4.90 Å². The van der Waals surface area contributed by atoms with Crippen molar-refractivity contribution in [1.82, 2.24) is 9.88 Å². The summed E-state index contributed by atoms with van der Waals surface area (Å²) in [5.74, 6) is -0.281. The molecule has 0 saturated carbocycles. The quantitative estimate of drug-likeness (QED) is 0.254. The normalized spacial score (nSPS) is 17.6. The Morgan fingerprint density at radius 3 is 2.00 bits per heavy atom. The molecular formula is C33H26FN3. The van der Waals surface area contributed by atoms with E-state index >= 15 is 0 Å². The Morgan fingerprint density at radius 2 is 1.41 bits per heavy atom. The number of likely N-dealkylation sites (tertiary alicyclic amines) is 1. The maximum Gasteiger partial charge on any atom is 0.141 e. The first-order chi connectivity index (χ1) is 18.2. The van der Waals surface area contributed by atoms with E-state index in [4.69, 9.17) is 0 Å². The van der Waals surface area contributed by atoms with E-state index in [0.29, 0.717) is 17.8 Å².